The molecule has 1 unspecified atom stereocenters. The summed E-state index contributed by atoms with van der Waals surface area (Å²) in [4.78, 5) is 25.0. The number of carbonyl (C=O) groups is 2. The largest absolute Gasteiger partial charge is 0.494 e. The van der Waals surface area contributed by atoms with E-state index in [1.807, 2.05) is 45.0 Å². The Balaban J connectivity index is 2.37. The zero-order valence-electron chi connectivity index (χ0n) is 16.6. The fourth-order valence-corrected chi connectivity index (χ4v) is 2.91. The van der Waals surface area contributed by atoms with Crippen LogP contribution in [0.4, 0.5) is 4.79 Å². The molecule has 0 saturated carbocycles. The molecule has 1 aromatic rings. The number of esters is 1. The van der Waals surface area contributed by atoms with Crippen molar-refractivity contribution in [3.8, 4) is 5.75 Å². The van der Waals surface area contributed by atoms with E-state index in [2.05, 4.69) is 17.6 Å². The Morgan fingerprint density at radius 1 is 1.15 bits per heavy atom. The molecule has 0 aliphatic carbocycles. The summed E-state index contributed by atoms with van der Waals surface area (Å²) in [6, 6.07) is 6.62. The van der Waals surface area contributed by atoms with Gasteiger partial charge in [0.2, 0.25) is 0 Å². The van der Waals surface area contributed by atoms with Crippen LogP contribution in [0.1, 0.15) is 65.0 Å². The molecule has 0 fully saturated rings. The summed E-state index contributed by atoms with van der Waals surface area (Å²) in [6.07, 6.45) is 3.17. The first-order chi connectivity index (χ1) is 13.0. The summed E-state index contributed by atoms with van der Waals surface area (Å²) in [5.74, 6) is 0.363. The first kappa shape index (κ1) is 20.8. The molecule has 0 saturated heterocycles. The molecule has 27 heavy (non-hydrogen) atoms. The monoisotopic (exact) mass is 374 g/mol. The lowest BCUT2D eigenvalue weighted by Gasteiger charge is -2.30. The minimum atomic E-state index is -0.544. The molecule has 1 heterocycles. The van der Waals surface area contributed by atoms with E-state index >= 15 is 0 Å². The van der Waals surface area contributed by atoms with Crippen LogP contribution < -0.4 is 15.4 Å². The number of hydrogen-bond acceptors (Lipinski definition) is 4. The van der Waals surface area contributed by atoms with Crippen molar-refractivity contribution in [2.45, 2.75) is 65.5 Å². The lowest BCUT2D eigenvalue weighted by atomic mass is 9.93. The molecule has 6 heteroatoms. The van der Waals surface area contributed by atoms with Gasteiger partial charge in [-0.15, -0.1) is 0 Å². The zero-order chi connectivity index (χ0) is 19.8. The van der Waals surface area contributed by atoms with Crippen LogP contribution in [0.2, 0.25) is 0 Å². The Hall–Kier alpha value is -2.50. The Labute approximate surface area is 161 Å². The van der Waals surface area contributed by atoms with E-state index < -0.39 is 12.0 Å². The third-order valence-corrected chi connectivity index (χ3v) is 4.18. The Kier molecular flexibility index (Phi) is 7.70. The van der Waals surface area contributed by atoms with Crippen LogP contribution in [0.25, 0.3) is 0 Å². The van der Waals surface area contributed by atoms with Crippen LogP contribution >= 0.6 is 0 Å². The molecule has 1 atom stereocenters. The number of unbranched alkanes of at least 4 members (excludes halogenated alkanes) is 1. The van der Waals surface area contributed by atoms with Crippen LogP contribution in [0, 0.1) is 0 Å². The van der Waals surface area contributed by atoms with Crippen LogP contribution in [0.3, 0.4) is 0 Å². The quantitative estimate of drug-likeness (QED) is 0.634. The van der Waals surface area contributed by atoms with Gasteiger partial charge in [-0.1, -0.05) is 32.4 Å². The maximum Gasteiger partial charge on any atom is 0.338 e. The molecular formula is C21H30N2O4. The van der Waals surface area contributed by atoms with Crippen LogP contribution in [0.5, 0.6) is 5.75 Å². The second-order valence-electron chi connectivity index (χ2n) is 6.90. The van der Waals surface area contributed by atoms with Crippen LogP contribution in [-0.4, -0.2) is 24.7 Å². The zero-order valence-corrected chi connectivity index (χ0v) is 16.6. The second-order valence-corrected chi connectivity index (χ2v) is 6.90. The maximum absolute atomic E-state index is 12.8. The molecule has 2 N–H and O–H groups in total. The molecule has 1 aliphatic rings. The van der Waals surface area contributed by atoms with E-state index in [9.17, 15) is 9.59 Å². The predicted octanol–water partition coefficient (Wildman–Crippen LogP) is 4.23. The van der Waals surface area contributed by atoms with E-state index in [0.29, 0.717) is 24.3 Å². The number of allylic oxidation sites excluding steroid dienone is 1. The fourth-order valence-electron chi connectivity index (χ4n) is 2.91. The number of nitrogens with one attached hydrogen (secondary N) is 2. The molecule has 6 nitrogen and oxygen atoms in total. The number of hydrogen-bond donors (Lipinski definition) is 2. The number of rotatable bonds is 9. The third kappa shape index (κ3) is 5.74. The van der Waals surface area contributed by atoms with Crippen molar-refractivity contribution >= 4 is 12.0 Å². The average Bonchev–Trinajstić information content (AvgIpc) is 2.63. The standard InChI is InChI=1S/C21H30N2O4/c1-5-7-8-17-18(20(24)27-14(3)4)19(23-21(25)22-17)15-9-11-16(12-10-15)26-13-6-2/h9-12,14,19H,5-8,13H2,1-4H3,(H2,22,23,25). The SMILES string of the molecule is CCCCC1=C(C(=O)OC(C)C)C(c2ccc(OCCC)cc2)NC(=O)N1. The van der Waals surface area contributed by atoms with Crippen LogP contribution in [0.15, 0.2) is 35.5 Å². The van der Waals surface area contributed by atoms with Gasteiger partial charge in [0, 0.05) is 5.70 Å². The van der Waals surface area contributed by atoms with Crippen molar-refractivity contribution in [2.24, 2.45) is 0 Å². The van der Waals surface area contributed by atoms with Crippen LogP contribution in [-0.2, 0) is 9.53 Å². The number of benzene rings is 1. The summed E-state index contributed by atoms with van der Waals surface area (Å²) in [7, 11) is 0. The molecule has 2 amide bonds. The molecule has 148 valence electrons. The minimum Gasteiger partial charge on any atom is -0.494 e. The highest BCUT2D eigenvalue weighted by molar-refractivity contribution is 5.95. The van der Waals surface area contributed by atoms with Crippen molar-refractivity contribution in [1.29, 1.82) is 0 Å². The summed E-state index contributed by atoms with van der Waals surface area (Å²) in [6.45, 7) is 8.40. The predicted molar refractivity (Wildman–Crippen MR) is 104 cm³/mol. The van der Waals surface area contributed by atoms with E-state index in [-0.39, 0.29) is 12.1 Å². The summed E-state index contributed by atoms with van der Waals surface area (Å²) >= 11 is 0. The fraction of sp³-hybridized carbons (Fsp3) is 0.524. The summed E-state index contributed by atoms with van der Waals surface area (Å²) in [5.41, 5.74) is 1.93. The lowest BCUT2D eigenvalue weighted by molar-refractivity contribution is -0.143. The van der Waals surface area contributed by atoms with Crippen molar-refractivity contribution in [2.75, 3.05) is 6.61 Å². The van der Waals surface area contributed by atoms with Gasteiger partial charge >= 0.3 is 12.0 Å². The third-order valence-electron chi connectivity index (χ3n) is 4.18. The topological polar surface area (TPSA) is 76.7 Å². The normalized spacial score (nSPS) is 16.8. The molecule has 0 bridgehead atoms. The number of carbonyl (C=O) groups excluding carboxylic acids is 2. The second kappa shape index (κ2) is 10.00. The van der Waals surface area contributed by atoms with Gasteiger partial charge in [0.1, 0.15) is 5.75 Å². The highest BCUT2D eigenvalue weighted by Gasteiger charge is 2.33. The first-order valence-corrected chi connectivity index (χ1v) is 9.70. The smallest absolute Gasteiger partial charge is 0.338 e. The van der Waals surface area contributed by atoms with Gasteiger partial charge in [-0.2, -0.15) is 0 Å². The molecule has 0 aromatic heterocycles. The molecule has 0 radical (unpaired) electrons. The van der Waals surface area contributed by atoms with Gasteiger partial charge in [0.05, 0.1) is 24.3 Å². The summed E-state index contributed by atoms with van der Waals surface area (Å²) < 4.78 is 11.1. The molecule has 1 aromatic carbocycles. The first-order valence-electron chi connectivity index (χ1n) is 9.70. The van der Waals surface area contributed by atoms with E-state index in [0.717, 1.165) is 30.6 Å². The Morgan fingerprint density at radius 2 is 1.85 bits per heavy atom. The van der Waals surface area contributed by atoms with Gasteiger partial charge in [0.15, 0.2) is 0 Å². The number of ether oxygens (including phenoxy) is 2. The van der Waals surface area contributed by atoms with E-state index in [1.54, 1.807) is 0 Å². The van der Waals surface area contributed by atoms with Gasteiger partial charge in [0.25, 0.3) is 0 Å². The molecule has 1 aliphatic heterocycles. The molecule has 2 rings (SSSR count). The van der Waals surface area contributed by atoms with Gasteiger partial charge in [-0.3, -0.25) is 0 Å². The Morgan fingerprint density at radius 3 is 2.44 bits per heavy atom. The van der Waals surface area contributed by atoms with Crippen molar-refractivity contribution in [3.63, 3.8) is 0 Å². The Bertz CT molecular complexity index is 680. The molecule has 0 spiro atoms. The average molecular weight is 374 g/mol. The summed E-state index contributed by atoms with van der Waals surface area (Å²) in [5, 5.41) is 5.65. The highest BCUT2D eigenvalue weighted by Crippen LogP contribution is 2.31. The van der Waals surface area contributed by atoms with Crippen molar-refractivity contribution in [1.82, 2.24) is 10.6 Å². The molecular weight excluding hydrogens is 344 g/mol. The van der Waals surface area contributed by atoms with Gasteiger partial charge < -0.3 is 20.1 Å². The minimum absolute atomic E-state index is 0.236. The van der Waals surface area contributed by atoms with Gasteiger partial charge in [-0.25, -0.2) is 9.59 Å². The lowest BCUT2D eigenvalue weighted by Crippen LogP contribution is -2.46. The van der Waals surface area contributed by atoms with E-state index in [1.165, 1.54) is 0 Å². The number of amides is 2. The van der Waals surface area contributed by atoms with E-state index in [4.69, 9.17) is 9.47 Å². The highest BCUT2D eigenvalue weighted by atomic mass is 16.5. The van der Waals surface area contributed by atoms with Crippen molar-refractivity contribution < 1.29 is 19.1 Å². The van der Waals surface area contributed by atoms with Gasteiger partial charge in [-0.05, 0) is 50.8 Å². The maximum atomic E-state index is 12.8. The number of urea groups is 1. The van der Waals surface area contributed by atoms with Crippen molar-refractivity contribution in [3.05, 3.63) is 41.1 Å².